The first-order chi connectivity index (χ1) is 7.02. The van der Waals surface area contributed by atoms with E-state index in [1.807, 2.05) is 6.92 Å². The van der Waals surface area contributed by atoms with Crippen LogP contribution in [0.3, 0.4) is 0 Å². The van der Waals surface area contributed by atoms with Gasteiger partial charge in [-0.05, 0) is 6.92 Å². The molecule has 15 heavy (non-hydrogen) atoms. The Kier molecular flexibility index (Phi) is 3.90. The summed E-state index contributed by atoms with van der Waals surface area (Å²) in [6.07, 6.45) is 3.09. The molecule has 1 aromatic heterocycles. The van der Waals surface area contributed by atoms with Crippen LogP contribution in [0.4, 0.5) is 5.82 Å². The van der Waals surface area contributed by atoms with Gasteiger partial charge in [-0.15, -0.1) is 0 Å². The second-order valence-corrected chi connectivity index (χ2v) is 4.57. The molecule has 0 saturated carbocycles. The molecular formula is C9H14N4OS. The van der Waals surface area contributed by atoms with Crippen LogP contribution in [0.25, 0.3) is 0 Å². The Balaban J connectivity index is 2.71. The van der Waals surface area contributed by atoms with E-state index in [9.17, 15) is 4.79 Å². The maximum Gasteiger partial charge on any atom is 0.235 e. The van der Waals surface area contributed by atoms with Crippen molar-refractivity contribution in [3.8, 4) is 0 Å². The molecule has 0 aliphatic heterocycles. The molecule has 0 fully saturated rings. The molecule has 0 saturated heterocycles. The highest BCUT2D eigenvalue weighted by Gasteiger charge is 2.18. The lowest BCUT2D eigenvalue weighted by Crippen LogP contribution is -2.29. The zero-order valence-corrected chi connectivity index (χ0v) is 9.78. The van der Waals surface area contributed by atoms with E-state index in [4.69, 9.17) is 5.73 Å². The molecular weight excluding hydrogens is 212 g/mol. The van der Waals surface area contributed by atoms with E-state index in [1.165, 1.54) is 18.0 Å². The minimum Gasteiger partial charge on any atom is -0.381 e. The van der Waals surface area contributed by atoms with E-state index >= 15 is 0 Å². The quantitative estimate of drug-likeness (QED) is 0.765. The lowest BCUT2D eigenvalue weighted by atomic mass is 10.4. The Morgan fingerprint density at radius 1 is 1.47 bits per heavy atom. The summed E-state index contributed by atoms with van der Waals surface area (Å²) < 4.78 is 0. The van der Waals surface area contributed by atoms with Crippen molar-refractivity contribution in [2.75, 3.05) is 19.8 Å². The van der Waals surface area contributed by atoms with E-state index in [0.29, 0.717) is 10.8 Å². The first-order valence-corrected chi connectivity index (χ1v) is 5.34. The number of hydrogen-bond acceptors (Lipinski definition) is 5. The smallest absolute Gasteiger partial charge is 0.235 e. The molecule has 6 heteroatoms. The summed E-state index contributed by atoms with van der Waals surface area (Å²) in [6.45, 7) is 1.82. The number of amides is 1. The van der Waals surface area contributed by atoms with Gasteiger partial charge in [0.15, 0.2) is 5.82 Å². The molecule has 1 aromatic rings. The largest absolute Gasteiger partial charge is 0.381 e. The monoisotopic (exact) mass is 226 g/mol. The molecule has 82 valence electrons. The van der Waals surface area contributed by atoms with Gasteiger partial charge in [0.2, 0.25) is 5.91 Å². The van der Waals surface area contributed by atoms with Crippen LogP contribution in [-0.2, 0) is 4.79 Å². The van der Waals surface area contributed by atoms with Crippen molar-refractivity contribution < 1.29 is 4.79 Å². The third kappa shape index (κ3) is 3.09. The van der Waals surface area contributed by atoms with Crippen molar-refractivity contribution in [1.82, 2.24) is 14.9 Å². The normalized spacial score (nSPS) is 12.2. The molecule has 0 radical (unpaired) electrons. The van der Waals surface area contributed by atoms with Gasteiger partial charge in [-0.25, -0.2) is 9.97 Å². The van der Waals surface area contributed by atoms with Crippen LogP contribution >= 0.6 is 11.8 Å². The molecule has 0 aromatic carbocycles. The maximum absolute atomic E-state index is 11.6. The number of aromatic nitrogens is 2. The number of anilines is 1. The number of rotatable bonds is 3. The summed E-state index contributed by atoms with van der Waals surface area (Å²) in [5.41, 5.74) is 5.63. The fourth-order valence-electron chi connectivity index (χ4n) is 1.01. The number of carbonyl (C=O) groups excluding carboxylic acids is 1. The summed E-state index contributed by atoms with van der Waals surface area (Å²) in [6, 6.07) is 0. The molecule has 5 nitrogen and oxygen atoms in total. The van der Waals surface area contributed by atoms with Crippen molar-refractivity contribution in [3.63, 3.8) is 0 Å². The molecule has 1 unspecified atom stereocenters. The SMILES string of the molecule is CC(Sc1nccnc1N)C(=O)N(C)C. The summed E-state index contributed by atoms with van der Waals surface area (Å²) in [4.78, 5) is 21.1. The lowest BCUT2D eigenvalue weighted by molar-refractivity contribution is -0.127. The Bertz CT molecular complexity index is 356. The fraction of sp³-hybridized carbons (Fsp3) is 0.444. The third-order valence-corrected chi connectivity index (χ3v) is 2.86. The number of hydrogen-bond donors (Lipinski definition) is 1. The van der Waals surface area contributed by atoms with Gasteiger partial charge >= 0.3 is 0 Å². The number of carbonyl (C=O) groups is 1. The van der Waals surface area contributed by atoms with Crippen LogP contribution in [0.2, 0.25) is 0 Å². The van der Waals surface area contributed by atoms with Crippen molar-refractivity contribution >= 4 is 23.5 Å². The Hall–Kier alpha value is -1.30. The lowest BCUT2D eigenvalue weighted by Gasteiger charge is -2.16. The second-order valence-electron chi connectivity index (χ2n) is 3.24. The van der Waals surface area contributed by atoms with E-state index in [-0.39, 0.29) is 11.2 Å². The van der Waals surface area contributed by atoms with Crippen LogP contribution in [0.1, 0.15) is 6.92 Å². The predicted octanol–water partition coefficient (Wildman–Crippen LogP) is 0.628. The molecule has 1 amide bonds. The summed E-state index contributed by atoms with van der Waals surface area (Å²) in [5, 5.41) is 0.388. The van der Waals surface area contributed by atoms with Crippen molar-refractivity contribution in [3.05, 3.63) is 12.4 Å². The van der Waals surface area contributed by atoms with E-state index in [2.05, 4.69) is 9.97 Å². The van der Waals surface area contributed by atoms with Crippen molar-refractivity contribution in [2.45, 2.75) is 17.2 Å². The Labute approximate surface area is 93.1 Å². The topological polar surface area (TPSA) is 72.1 Å². The Morgan fingerprint density at radius 3 is 2.60 bits per heavy atom. The molecule has 0 bridgehead atoms. The number of thioether (sulfide) groups is 1. The molecule has 1 heterocycles. The first-order valence-electron chi connectivity index (χ1n) is 4.46. The highest BCUT2D eigenvalue weighted by Crippen LogP contribution is 2.25. The third-order valence-electron chi connectivity index (χ3n) is 1.77. The van der Waals surface area contributed by atoms with E-state index in [1.54, 1.807) is 25.2 Å². The van der Waals surface area contributed by atoms with Gasteiger partial charge in [0.25, 0.3) is 0 Å². The number of nitrogens with zero attached hydrogens (tertiary/aromatic N) is 3. The van der Waals surface area contributed by atoms with Crippen LogP contribution in [0, 0.1) is 0 Å². The van der Waals surface area contributed by atoms with Crippen molar-refractivity contribution in [1.29, 1.82) is 0 Å². The van der Waals surface area contributed by atoms with Gasteiger partial charge in [0.05, 0.1) is 5.25 Å². The number of nitrogen functional groups attached to an aromatic ring is 1. The second kappa shape index (κ2) is 4.97. The van der Waals surface area contributed by atoms with E-state index < -0.39 is 0 Å². The van der Waals surface area contributed by atoms with Gasteiger partial charge in [-0.2, -0.15) is 0 Å². The van der Waals surface area contributed by atoms with Gasteiger partial charge in [0, 0.05) is 26.5 Å². The molecule has 0 aliphatic rings. The standard InChI is InChI=1S/C9H14N4OS/c1-6(9(14)13(2)3)15-8-7(10)11-4-5-12-8/h4-6H,1-3H3,(H2,10,11). The summed E-state index contributed by atoms with van der Waals surface area (Å²) in [7, 11) is 3.44. The average Bonchev–Trinajstić information content (AvgIpc) is 2.20. The highest BCUT2D eigenvalue weighted by molar-refractivity contribution is 8.00. The van der Waals surface area contributed by atoms with E-state index in [0.717, 1.165) is 0 Å². The fourth-order valence-corrected chi connectivity index (χ4v) is 1.95. The van der Waals surface area contributed by atoms with Gasteiger partial charge in [-0.1, -0.05) is 11.8 Å². The Morgan fingerprint density at radius 2 is 2.07 bits per heavy atom. The van der Waals surface area contributed by atoms with Crippen LogP contribution < -0.4 is 5.73 Å². The average molecular weight is 226 g/mol. The molecule has 1 rings (SSSR count). The first kappa shape index (κ1) is 11.8. The van der Waals surface area contributed by atoms with Crippen LogP contribution in [-0.4, -0.2) is 40.1 Å². The number of nitrogens with two attached hydrogens (primary N) is 1. The van der Waals surface area contributed by atoms with Crippen LogP contribution in [0.15, 0.2) is 17.4 Å². The minimum atomic E-state index is -0.209. The maximum atomic E-state index is 11.6. The highest BCUT2D eigenvalue weighted by atomic mass is 32.2. The predicted molar refractivity (Wildman–Crippen MR) is 60.5 cm³/mol. The minimum absolute atomic E-state index is 0.0325. The summed E-state index contributed by atoms with van der Waals surface area (Å²) >= 11 is 1.32. The van der Waals surface area contributed by atoms with Gasteiger partial charge in [0.1, 0.15) is 5.03 Å². The molecule has 0 spiro atoms. The summed E-state index contributed by atoms with van der Waals surface area (Å²) in [5.74, 6) is 0.394. The zero-order chi connectivity index (χ0) is 11.4. The van der Waals surface area contributed by atoms with Gasteiger partial charge < -0.3 is 10.6 Å². The molecule has 2 N–H and O–H groups in total. The zero-order valence-electron chi connectivity index (χ0n) is 8.97. The van der Waals surface area contributed by atoms with Gasteiger partial charge in [-0.3, -0.25) is 4.79 Å². The van der Waals surface area contributed by atoms with Crippen LogP contribution in [0.5, 0.6) is 0 Å². The van der Waals surface area contributed by atoms with Crippen molar-refractivity contribution in [2.24, 2.45) is 0 Å². The molecule has 0 aliphatic carbocycles. The molecule has 1 atom stereocenters.